The molecule has 3 heteroatoms. The van der Waals surface area contributed by atoms with Crippen LogP contribution in [0.3, 0.4) is 0 Å². The maximum Gasteiger partial charge on any atom is 0.215 e. The number of benzene rings is 1. The molecule has 2 aromatic rings. The van der Waals surface area contributed by atoms with Crippen LogP contribution in [-0.2, 0) is 0 Å². The van der Waals surface area contributed by atoms with Crippen molar-refractivity contribution in [3.8, 4) is 11.9 Å². The summed E-state index contributed by atoms with van der Waals surface area (Å²) >= 11 is 0. The molecule has 1 aromatic heterocycles. The van der Waals surface area contributed by atoms with E-state index < -0.39 is 0 Å². The quantitative estimate of drug-likeness (QED) is 0.805. The molecule has 0 unspecified atom stereocenters. The zero-order valence-electron chi connectivity index (χ0n) is 10.1. The van der Waals surface area contributed by atoms with Gasteiger partial charge in [0.15, 0.2) is 0 Å². The van der Waals surface area contributed by atoms with Gasteiger partial charge in [0.2, 0.25) is 5.88 Å². The Morgan fingerprint density at radius 1 is 1.22 bits per heavy atom. The molecule has 1 fully saturated rings. The molecule has 1 saturated carbocycles. The Hall–Kier alpha value is -2.08. The highest BCUT2D eigenvalue weighted by Crippen LogP contribution is 2.26. The lowest BCUT2D eigenvalue weighted by molar-refractivity contribution is 0.202. The van der Waals surface area contributed by atoms with E-state index in [0.717, 1.165) is 23.7 Å². The van der Waals surface area contributed by atoms with E-state index in [1.54, 1.807) is 6.07 Å². The van der Waals surface area contributed by atoms with E-state index in [0.29, 0.717) is 11.4 Å². The molecule has 0 aliphatic heterocycles. The third-order valence-electron chi connectivity index (χ3n) is 3.40. The number of hydrogen-bond donors (Lipinski definition) is 0. The molecule has 0 N–H and O–H groups in total. The van der Waals surface area contributed by atoms with E-state index in [-0.39, 0.29) is 6.10 Å². The number of rotatable bonds is 2. The topological polar surface area (TPSA) is 45.9 Å². The first-order valence-corrected chi connectivity index (χ1v) is 6.33. The summed E-state index contributed by atoms with van der Waals surface area (Å²) in [7, 11) is 0. The number of aromatic nitrogens is 1. The second-order valence-electron chi connectivity index (χ2n) is 4.66. The molecule has 3 nitrogen and oxygen atoms in total. The van der Waals surface area contributed by atoms with Gasteiger partial charge in [-0.1, -0.05) is 18.2 Å². The first-order chi connectivity index (χ1) is 8.86. The summed E-state index contributed by atoms with van der Waals surface area (Å²) < 4.78 is 5.86. The minimum atomic E-state index is 0.269. The zero-order chi connectivity index (χ0) is 12.4. The Morgan fingerprint density at radius 2 is 2.00 bits per heavy atom. The molecular formula is C15H14N2O. The van der Waals surface area contributed by atoms with Crippen LogP contribution in [0.2, 0.25) is 0 Å². The molecule has 0 amide bonds. The fraction of sp³-hybridized carbons (Fsp3) is 0.333. The third-order valence-corrected chi connectivity index (χ3v) is 3.40. The van der Waals surface area contributed by atoms with Crippen LogP contribution in [0.4, 0.5) is 0 Å². The predicted molar refractivity (Wildman–Crippen MR) is 69.3 cm³/mol. The summed E-state index contributed by atoms with van der Waals surface area (Å²) in [5.41, 5.74) is 1.46. The van der Waals surface area contributed by atoms with Crippen LogP contribution >= 0.6 is 0 Å². The Bertz CT molecular complexity index is 609. The normalized spacial score (nSPS) is 15.7. The molecule has 0 bridgehead atoms. The summed E-state index contributed by atoms with van der Waals surface area (Å²) in [4.78, 5) is 4.47. The second kappa shape index (κ2) is 4.66. The maximum atomic E-state index is 9.19. The van der Waals surface area contributed by atoms with E-state index in [1.807, 2.05) is 24.3 Å². The molecule has 3 rings (SSSR count). The lowest BCUT2D eigenvalue weighted by Crippen LogP contribution is -2.12. The number of hydrogen-bond acceptors (Lipinski definition) is 3. The largest absolute Gasteiger partial charge is 0.474 e. The van der Waals surface area contributed by atoms with Gasteiger partial charge in [0.25, 0.3) is 0 Å². The van der Waals surface area contributed by atoms with Gasteiger partial charge in [0.1, 0.15) is 12.2 Å². The van der Waals surface area contributed by atoms with Crippen molar-refractivity contribution >= 4 is 10.9 Å². The first kappa shape index (κ1) is 11.0. The summed E-state index contributed by atoms with van der Waals surface area (Å²) in [5, 5.41) is 10.1. The Balaban J connectivity index is 2.00. The highest BCUT2D eigenvalue weighted by atomic mass is 16.5. The van der Waals surface area contributed by atoms with Crippen molar-refractivity contribution < 1.29 is 4.74 Å². The van der Waals surface area contributed by atoms with E-state index in [9.17, 15) is 5.26 Å². The SMILES string of the molecule is N#Cc1cc(OC2CCCC2)nc2ccccc12. The maximum absolute atomic E-state index is 9.19. The van der Waals surface area contributed by atoms with Gasteiger partial charge in [-0.05, 0) is 31.7 Å². The molecule has 0 saturated heterocycles. The number of fused-ring (bicyclic) bond motifs is 1. The van der Waals surface area contributed by atoms with Gasteiger partial charge in [-0.15, -0.1) is 0 Å². The Labute approximate surface area is 106 Å². The van der Waals surface area contributed by atoms with Crippen molar-refractivity contribution in [1.29, 1.82) is 5.26 Å². The summed E-state index contributed by atoms with van der Waals surface area (Å²) in [6.45, 7) is 0. The summed E-state index contributed by atoms with van der Waals surface area (Å²) in [6, 6.07) is 11.6. The minimum Gasteiger partial charge on any atom is -0.474 e. The monoisotopic (exact) mass is 238 g/mol. The van der Waals surface area contributed by atoms with Crippen LogP contribution < -0.4 is 4.74 Å². The van der Waals surface area contributed by atoms with Crippen LogP contribution in [0.25, 0.3) is 10.9 Å². The minimum absolute atomic E-state index is 0.269. The van der Waals surface area contributed by atoms with E-state index >= 15 is 0 Å². The third kappa shape index (κ3) is 2.02. The van der Waals surface area contributed by atoms with Crippen LogP contribution in [0.15, 0.2) is 30.3 Å². The standard InChI is InChI=1S/C15H14N2O/c16-10-11-9-15(18-12-5-1-2-6-12)17-14-8-4-3-7-13(11)14/h3-4,7-9,12H,1-2,5-6H2. The van der Waals surface area contributed by atoms with Crippen LogP contribution in [0.5, 0.6) is 5.88 Å². The van der Waals surface area contributed by atoms with Gasteiger partial charge < -0.3 is 4.74 Å². The molecule has 1 heterocycles. The molecule has 90 valence electrons. The fourth-order valence-electron chi connectivity index (χ4n) is 2.48. The van der Waals surface area contributed by atoms with Gasteiger partial charge in [-0.2, -0.15) is 5.26 Å². The van der Waals surface area contributed by atoms with Crippen molar-refractivity contribution in [2.75, 3.05) is 0 Å². The molecule has 0 radical (unpaired) electrons. The Kier molecular flexibility index (Phi) is 2.85. The first-order valence-electron chi connectivity index (χ1n) is 6.33. The zero-order valence-corrected chi connectivity index (χ0v) is 10.1. The number of ether oxygens (including phenoxy) is 1. The molecule has 1 aliphatic rings. The van der Waals surface area contributed by atoms with Gasteiger partial charge in [0.05, 0.1) is 11.1 Å². The van der Waals surface area contributed by atoms with Crippen LogP contribution in [-0.4, -0.2) is 11.1 Å². The van der Waals surface area contributed by atoms with Crippen molar-refractivity contribution in [1.82, 2.24) is 4.98 Å². The number of para-hydroxylation sites is 1. The van der Waals surface area contributed by atoms with Crippen molar-refractivity contribution in [3.63, 3.8) is 0 Å². The van der Waals surface area contributed by atoms with Crippen molar-refractivity contribution in [3.05, 3.63) is 35.9 Å². The van der Waals surface area contributed by atoms with Crippen LogP contribution in [0.1, 0.15) is 31.2 Å². The number of pyridine rings is 1. The second-order valence-corrected chi connectivity index (χ2v) is 4.66. The van der Waals surface area contributed by atoms with Crippen LogP contribution in [0, 0.1) is 11.3 Å². The molecule has 0 spiro atoms. The lowest BCUT2D eigenvalue weighted by Gasteiger charge is -2.12. The lowest BCUT2D eigenvalue weighted by atomic mass is 10.1. The summed E-state index contributed by atoms with van der Waals surface area (Å²) in [6.07, 6.45) is 4.91. The van der Waals surface area contributed by atoms with E-state index in [2.05, 4.69) is 11.1 Å². The van der Waals surface area contributed by atoms with Crippen molar-refractivity contribution in [2.24, 2.45) is 0 Å². The van der Waals surface area contributed by atoms with E-state index in [1.165, 1.54) is 12.8 Å². The molecule has 18 heavy (non-hydrogen) atoms. The predicted octanol–water partition coefficient (Wildman–Crippen LogP) is 3.43. The number of nitrogens with zero attached hydrogens (tertiary/aromatic N) is 2. The summed E-state index contributed by atoms with van der Waals surface area (Å²) in [5.74, 6) is 0.581. The molecule has 1 aliphatic carbocycles. The average molecular weight is 238 g/mol. The smallest absolute Gasteiger partial charge is 0.215 e. The fourth-order valence-corrected chi connectivity index (χ4v) is 2.48. The van der Waals surface area contributed by atoms with Gasteiger partial charge in [0, 0.05) is 11.5 Å². The van der Waals surface area contributed by atoms with E-state index in [4.69, 9.17) is 4.74 Å². The van der Waals surface area contributed by atoms with Gasteiger partial charge in [-0.25, -0.2) is 4.98 Å². The highest BCUT2D eigenvalue weighted by molar-refractivity contribution is 5.85. The molecule has 0 atom stereocenters. The van der Waals surface area contributed by atoms with Gasteiger partial charge in [-0.3, -0.25) is 0 Å². The molecule has 1 aromatic carbocycles. The van der Waals surface area contributed by atoms with Gasteiger partial charge >= 0.3 is 0 Å². The Morgan fingerprint density at radius 3 is 2.78 bits per heavy atom. The highest BCUT2D eigenvalue weighted by Gasteiger charge is 2.17. The van der Waals surface area contributed by atoms with Crippen molar-refractivity contribution in [2.45, 2.75) is 31.8 Å². The number of nitriles is 1. The average Bonchev–Trinajstić information content (AvgIpc) is 2.90. The molecular weight excluding hydrogens is 224 g/mol.